The first-order valence-electron chi connectivity index (χ1n) is 5.65. The Kier molecular flexibility index (Phi) is 3.46. The second-order valence-electron chi connectivity index (χ2n) is 4.03. The van der Waals surface area contributed by atoms with E-state index in [9.17, 15) is 4.79 Å². The van der Waals surface area contributed by atoms with Crippen LogP contribution in [0, 0.1) is 6.92 Å². The lowest BCUT2D eigenvalue weighted by atomic mass is 10.0. The van der Waals surface area contributed by atoms with Crippen LogP contribution in [0.5, 0.6) is 5.75 Å². The normalized spacial score (nSPS) is 10.4. The first-order chi connectivity index (χ1) is 8.67. The van der Waals surface area contributed by atoms with E-state index < -0.39 is 0 Å². The van der Waals surface area contributed by atoms with E-state index in [0.29, 0.717) is 5.75 Å². The van der Waals surface area contributed by atoms with Crippen LogP contribution in [0.2, 0.25) is 0 Å². The van der Waals surface area contributed by atoms with Crippen molar-refractivity contribution in [2.24, 2.45) is 0 Å². The van der Waals surface area contributed by atoms with Crippen molar-refractivity contribution in [3.8, 4) is 5.75 Å². The van der Waals surface area contributed by atoms with E-state index in [1.165, 1.54) is 7.11 Å². The van der Waals surface area contributed by atoms with Gasteiger partial charge in [-0.25, -0.2) is 0 Å². The molecule has 0 aliphatic rings. The second kappa shape index (κ2) is 5.04. The van der Waals surface area contributed by atoms with E-state index in [-0.39, 0.29) is 12.4 Å². The minimum atomic E-state index is -0.260. The van der Waals surface area contributed by atoms with Crippen molar-refractivity contribution in [1.29, 1.82) is 0 Å². The number of nitrogens with zero attached hydrogens (tertiary/aromatic N) is 1. The maximum Gasteiger partial charge on any atom is 0.310 e. The van der Waals surface area contributed by atoms with Gasteiger partial charge in [0.15, 0.2) is 0 Å². The van der Waals surface area contributed by atoms with Crippen molar-refractivity contribution >= 4 is 16.9 Å². The lowest BCUT2D eigenvalue weighted by Gasteiger charge is -2.11. The minimum absolute atomic E-state index is 0.240. The van der Waals surface area contributed by atoms with Crippen molar-refractivity contribution in [2.45, 2.75) is 13.3 Å². The summed E-state index contributed by atoms with van der Waals surface area (Å²) >= 11 is 0. The van der Waals surface area contributed by atoms with E-state index >= 15 is 0 Å². The maximum atomic E-state index is 11.4. The van der Waals surface area contributed by atoms with E-state index in [2.05, 4.69) is 4.98 Å². The summed E-state index contributed by atoms with van der Waals surface area (Å²) in [4.78, 5) is 15.7. The van der Waals surface area contributed by atoms with Crippen molar-refractivity contribution in [1.82, 2.24) is 4.98 Å². The summed E-state index contributed by atoms with van der Waals surface area (Å²) in [5.74, 6) is 0.451. The van der Waals surface area contributed by atoms with Crippen LogP contribution in [0.1, 0.15) is 11.1 Å². The summed E-state index contributed by atoms with van der Waals surface area (Å²) in [6.07, 6.45) is 1.98. The molecule has 0 amide bonds. The number of fused-ring (bicyclic) bond motifs is 1. The van der Waals surface area contributed by atoms with Crippen LogP contribution >= 0.6 is 0 Å². The number of aryl methyl sites for hydroxylation is 1. The highest BCUT2D eigenvalue weighted by Gasteiger charge is 2.12. The lowest BCUT2D eigenvalue weighted by Crippen LogP contribution is -2.06. The quantitative estimate of drug-likeness (QED) is 0.778. The Morgan fingerprint density at radius 2 is 2.06 bits per heavy atom. The summed E-state index contributed by atoms with van der Waals surface area (Å²) in [5.41, 5.74) is 2.75. The predicted molar refractivity (Wildman–Crippen MR) is 68.8 cm³/mol. The number of esters is 1. The molecule has 1 aromatic heterocycles. The van der Waals surface area contributed by atoms with Crippen LogP contribution in [0.15, 0.2) is 24.4 Å². The third-order valence-electron chi connectivity index (χ3n) is 2.93. The van der Waals surface area contributed by atoms with Gasteiger partial charge in [-0.15, -0.1) is 0 Å². The van der Waals surface area contributed by atoms with Crippen LogP contribution in [0.3, 0.4) is 0 Å². The topological polar surface area (TPSA) is 48.4 Å². The molecule has 18 heavy (non-hydrogen) atoms. The summed E-state index contributed by atoms with van der Waals surface area (Å²) in [7, 11) is 3.00. The van der Waals surface area contributed by atoms with Gasteiger partial charge in [-0.3, -0.25) is 9.78 Å². The smallest absolute Gasteiger partial charge is 0.310 e. The fourth-order valence-corrected chi connectivity index (χ4v) is 2.03. The van der Waals surface area contributed by atoms with Gasteiger partial charge in [-0.1, -0.05) is 6.07 Å². The average molecular weight is 245 g/mol. The molecule has 0 saturated carbocycles. The van der Waals surface area contributed by atoms with E-state index in [4.69, 9.17) is 9.47 Å². The Hall–Kier alpha value is -2.10. The molecule has 2 aromatic rings. The van der Waals surface area contributed by atoms with Gasteiger partial charge in [-0.2, -0.15) is 0 Å². The lowest BCUT2D eigenvalue weighted by molar-refractivity contribution is -0.139. The molecule has 4 heteroatoms. The standard InChI is InChI=1S/C14H15NO3/c1-9-6-7-15-14-11(17-2)5-4-10(13(9)14)8-12(16)18-3/h4-7H,8H2,1-3H3. The first kappa shape index (κ1) is 12.4. The highest BCUT2D eigenvalue weighted by molar-refractivity contribution is 5.92. The highest BCUT2D eigenvalue weighted by atomic mass is 16.5. The molecule has 0 radical (unpaired) electrons. The zero-order valence-corrected chi connectivity index (χ0v) is 10.7. The average Bonchev–Trinajstić information content (AvgIpc) is 2.39. The van der Waals surface area contributed by atoms with Crippen LogP contribution in [0.4, 0.5) is 0 Å². The van der Waals surface area contributed by atoms with Gasteiger partial charge in [0, 0.05) is 11.6 Å². The van der Waals surface area contributed by atoms with Gasteiger partial charge < -0.3 is 9.47 Å². The number of carbonyl (C=O) groups is 1. The first-order valence-corrected chi connectivity index (χ1v) is 5.65. The number of hydrogen-bond acceptors (Lipinski definition) is 4. The molecule has 0 aliphatic heterocycles. The van der Waals surface area contributed by atoms with E-state index in [1.807, 2.05) is 25.1 Å². The molecule has 0 N–H and O–H groups in total. The fraction of sp³-hybridized carbons (Fsp3) is 0.286. The van der Waals surface area contributed by atoms with Gasteiger partial charge in [0.2, 0.25) is 0 Å². The largest absolute Gasteiger partial charge is 0.494 e. The highest BCUT2D eigenvalue weighted by Crippen LogP contribution is 2.29. The van der Waals surface area contributed by atoms with Gasteiger partial charge >= 0.3 is 5.97 Å². The molecule has 4 nitrogen and oxygen atoms in total. The number of hydrogen-bond donors (Lipinski definition) is 0. The Labute approximate surface area is 106 Å². The SMILES string of the molecule is COC(=O)Cc1ccc(OC)c2nccc(C)c12. The molecule has 0 unspecified atom stereocenters. The molecule has 2 rings (SSSR count). The predicted octanol–water partition coefficient (Wildman–Crippen LogP) is 2.27. The number of rotatable bonds is 3. The number of methoxy groups -OCH3 is 2. The molecule has 0 aliphatic carbocycles. The molecule has 0 fully saturated rings. The summed E-state index contributed by atoms with van der Waals surface area (Å²) in [6.45, 7) is 1.99. The van der Waals surface area contributed by atoms with Crippen molar-refractivity contribution < 1.29 is 14.3 Å². The number of ether oxygens (including phenoxy) is 2. The molecular weight excluding hydrogens is 230 g/mol. The van der Waals surface area contributed by atoms with Crippen molar-refractivity contribution in [3.63, 3.8) is 0 Å². The third-order valence-corrected chi connectivity index (χ3v) is 2.93. The van der Waals surface area contributed by atoms with Gasteiger partial charge in [0.05, 0.1) is 20.6 Å². The van der Waals surface area contributed by atoms with E-state index in [1.54, 1.807) is 13.3 Å². The molecule has 0 saturated heterocycles. The molecule has 1 aromatic carbocycles. The number of benzene rings is 1. The van der Waals surface area contributed by atoms with Crippen molar-refractivity contribution in [3.05, 3.63) is 35.5 Å². The maximum absolute atomic E-state index is 11.4. The molecule has 94 valence electrons. The van der Waals surface area contributed by atoms with Gasteiger partial charge in [0.1, 0.15) is 11.3 Å². The van der Waals surface area contributed by atoms with E-state index in [0.717, 1.165) is 22.0 Å². The van der Waals surface area contributed by atoms with Crippen molar-refractivity contribution in [2.75, 3.05) is 14.2 Å². The molecule has 0 bridgehead atoms. The number of aromatic nitrogens is 1. The molecular formula is C14H15NO3. The number of carbonyl (C=O) groups excluding carboxylic acids is 1. The summed E-state index contributed by atoms with van der Waals surface area (Å²) in [6, 6.07) is 5.63. The Balaban J connectivity index is 2.64. The minimum Gasteiger partial charge on any atom is -0.494 e. The summed E-state index contributed by atoms with van der Waals surface area (Å²) < 4.78 is 10.00. The summed E-state index contributed by atoms with van der Waals surface area (Å²) in [5, 5.41) is 0.960. The Morgan fingerprint density at radius 1 is 1.28 bits per heavy atom. The Morgan fingerprint density at radius 3 is 2.72 bits per heavy atom. The molecule has 1 heterocycles. The zero-order chi connectivity index (χ0) is 13.1. The monoisotopic (exact) mass is 245 g/mol. The van der Waals surface area contributed by atoms with Crippen LogP contribution < -0.4 is 4.74 Å². The fourth-order valence-electron chi connectivity index (χ4n) is 2.03. The molecule has 0 spiro atoms. The third kappa shape index (κ3) is 2.14. The number of pyridine rings is 1. The van der Waals surface area contributed by atoms with Gasteiger partial charge in [0.25, 0.3) is 0 Å². The van der Waals surface area contributed by atoms with Gasteiger partial charge in [-0.05, 0) is 30.2 Å². The zero-order valence-electron chi connectivity index (χ0n) is 10.7. The Bertz CT molecular complexity index is 593. The second-order valence-corrected chi connectivity index (χ2v) is 4.03. The van der Waals surface area contributed by atoms with Crippen LogP contribution in [-0.4, -0.2) is 25.2 Å². The van der Waals surface area contributed by atoms with Crippen LogP contribution in [-0.2, 0) is 16.0 Å². The van der Waals surface area contributed by atoms with Crippen LogP contribution in [0.25, 0.3) is 10.9 Å². The molecule has 0 atom stereocenters.